The fourth-order valence-electron chi connectivity index (χ4n) is 3.13. The summed E-state index contributed by atoms with van der Waals surface area (Å²) in [6.07, 6.45) is 0.886. The molecule has 1 aliphatic rings. The zero-order chi connectivity index (χ0) is 16.5. The number of para-hydroxylation sites is 2. The molecule has 0 radical (unpaired) electrons. The number of hydrogen-bond donors (Lipinski definition) is 1. The Kier molecular flexibility index (Phi) is 3.86. The van der Waals surface area contributed by atoms with Gasteiger partial charge in [-0.3, -0.25) is 0 Å². The standard InChI is InChI=1S/C19H21N3O2/c1-13-5-3-7-15-18(13)21-17(20-15)9-10-22(2)11-14-6-4-8-16-19(14)24-12-23-16/h3-8H,9-12H2,1-2H3,(H,20,21). The molecule has 3 aromatic rings. The van der Waals surface area contributed by atoms with Crippen LogP contribution in [0.1, 0.15) is 17.0 Å². The predicted octanol–water partition coefficient (Wildman–Crippen LogP) is 3.27. The topological polar surface area (TPSA) is 50.4 Å². The first-order valence-electron chi connectivity index (χ1n) is 8.21. The van der Waals surface area contributed by atoms with Gasteiger partial charge in [-0.05, 0) is 31.7 Å². The molecule has 2 heterocycles. The van der Waals surface area contributed by atoms with Crippen LogP contribution in [0.5, 0.6) is 11.5 Å². The first kappa shape index (κ1) is 15.0. The van der Waals surface area contributed by atoms with E-state index in [1.54, 1.807) is 0 Å². The van der Waals surface area contributed by atoms with E-state index >= 15 is 0 Å². The number of aryl methyl sites for hydroxylation is 1. The van der Waals surface area contributed by atoms with Crippen LogP contribution in [0.2, 0.25) is 0 Å². The van der Waals surface area contributed by atoms with Gasteiger partial charge in [0.25, 0.3) is 0 Å². The maximum Gasteiger partial charge on any atom is 0.231 e. The molecule has 1 aliphatic heterocycles. The molecule has 124 valence electrons. The number of aromatic amines is 1. The smallest absolute Gasteiger partial charge is 0.231 e. The van der Waals surface area contributed by atoms with Gasteiger partial charge in [-0.25, -0.2) is 4.98 Å². The second kappa shape index (κ2) is 6.17. The highest BCUT2D eigenvalue weighted by atomic mass is 16.7. The summed E-state index contributed by atoms with van der Waals surface area (Å²) >= 11 is 0. The number of nitrogens with one attached hydrogen (secondary N) is 1. The van der Waals surface area contributed by atoms with Gasteiger partial charge in [-0.15, -0.1) is 0 Å². The van der Waals surface area contributed by atoms with Gasteiger partial charge in [0.1, 0.15) is 5.82 Å². The maximum atomic E-state index is 5.58. The quantitative estimate of drug-likeness (QED) is 0.783. The lowest BCUT2D eigenvalue weighted by molar-refractivity contribution is 0.172. The lowest BCUT2D eigenvalue weighted by Gasteiger charge is -2.17. The Hall–Kier alpha value is -2.53. The molecule has 0 saturated heterocycles. The summed E-state index contributed by atoms with van der Waals surface area (Å²) in [5.41, 5.74) is 4.55. The normalized spacial score (nSPS) is 13.1. The van der Waals surface area contributed by atoms with Gasteiger partial charge in [0, 0.05) is 25.1 Å². The SMILES string of the molecule is Cc1cccc2[nH]c(CCN(C)Cc3cccc4c3OCO4)nc12. The third-order valence-electron chi connectivity index (χ3n) is 4.41. The molecule has 0 aliphatic carbocycles. The first-order valence-corrected chi connectivity index (χ1v) is 8.21. The number of benzene rings is 2. The minimum atomic E-state index is 0.314. The minimum absolute atomic E-state index is 0.314. The van der Waals surface area contributed by atoms with E-state index in [4.69, 9.17) is 14.5 Å². The summed E-state index contributed by atoms with van der Waals surface area (Å²) in [5, 5.41) is 0. The number of nitrogens with zero attached hydrogens (tertiary/aromatic N) is 2. The van der Waals surface area contributed by atoms with Crippen LogP contribution < -0.4 is 9.47 Å². The van der Waals surface area contributed by atoms with Crippen LogP contribution in [0.3, 0.4) is 0 Å². The zero-order valence-electron chi connectivity index (χ0n) is 14.0. The number of ether oxygens (including phenoxy) is 2. The van der Waals surface area contributed by atoms with E-state index in [1.807, 2.05) is 12.1 Å². The van der Waals surface area contributed by atoms with E-state index < -0.39 is 0 Å². The molecular formula is C19H21N3O2. The Bertz CT molecular complexity index is 872. The first-order chi connectivity index (χ1) is 11.7. The Morgan fingerprint density at radius 1 is 1.17 bits per heavy atom. The van der Waals surface area contributed by atoms with E-state index in [2.05, 4.69) is 48.1 Å². The average Bonchev–Trinajstić information content (AvgIpc) is 3.20. The second-order valence-electron chi connectivity index (χ2n) is 6.29. The van der Waals surface area contributed by atoms with E-state index in [-0.39, 0.29) is 0 Å². The zero-order valence-corrected chi connectivity index (χ0v) is 14.0. The van der Waals surface area contributed by atoms with Crippen LogP contribution in [0.15, 0.2) is 36.4 Å². The van der Waals surface area contributed by atoms with E-state index in [1.165, 1.54) is 5.56 Å². The van der Waals surface area contributed by atoms with Crippen molar-refractivity contribution in [1.82, 2.24) is 14.9 Å². The lowest BCUT2D eigenvalue weighted by atomic mass is 10.1. The molecule has 1 N–H and O–H groups in total. The fraction of sp³-hybridized carbons (Fsp3) is 0.316. The van der Waals surface area contributed by atoms with Crippen molar-refractivity contribution in [2.24, 2.45) is 0 Å². The number of H-pyrrole nitrogens is 1. The van der Waals surface area contributed by atoms with E-state index in [0.717, 1.165) is 53.4 Å². The molecular weight excluding hydrogens is 302 g/mol. The number of likely N-dealkylation sites (N-methyl/N-ethyl adjacent to an activating group) is 1. The van der Waals surface area contributed by atoms with Crippen LogP contribution >= 0.6 is 0 Å². The van der Waals surface area contributed by atoms with E-state index in [0.29, 0.717) is 6.79 Å². The highest BCUT2D eigenvalue weighted by Crippen LogP contribution is 2.35. The lowest BCUT2D eigenvalue weighted by Crippen LogP contribution is -2.21. The summed E-state index contributed by atoms with van der Waals surface area (Å²) in [4.78, 5) is 10.4. The van der Waals surface area contributed by atoms with Crippen molar-refractivity contribution in [1.29, 1.82) is 0 Å². The minimum Gasteiger partial charge on any atom is -0.454 e. The molecule has 5 heteroatoms. The Labute approximate surface area is 141 Å². The molecule has 24 heavy (non-hydrogen) atoms. The van der Waals surface area contributed by atoms with Crippen molar-refractivity contribution in [3.63, 3.8) is 0 Å². The van der Waals surface area contributed by atoms with Crippen molar-refractivity contribution in [2.45, 2.75) is 19.9 Å². The van der Waals surface area contributed by atoms with Gasteiger partial charge in [0.05, 0.1) is 11.0 Å². The van der Waals surface area contributed by atoms with Gasteiger partial charge in [-0.2, -0.15) is 0 Å². The van der Waals surface area contributed by atoms with E-state index in [9.17, 15) is 0 Å². The monoisotopic (exact) mass is 323 g/mol. The van der Waals surface area contributed by atoms with Crippen LogP contribution in [0.4, 0.5) is 0 Å². The number of aromatic nitrogens is 2. The Balaban J connectivity index is 1.42. The second-order valence-corrected chi connectivity index (χ2v) is 6.29. The van der Waals surface area contributed by atoms with Gasteiger partial charge < -0.3 is 19.4 Å². The Morgan fingerprint density at radius 2 is 2.04 bits per heavy atom. The summed E-state index contributed by atoms with van der Waals surface area (Å²) in [6.45, 7) is 4.15. The molecule has 0 spiro atoms. The molecule has 1 aromatic heterocycles. The summed E-state index contributed by atoms with van der Waals surface area (Å²) in [7, 11) is 2.11. The molecule has 5 nitrogen and oxygen atoms in total. The molecule has 0 fully saturated rings. The van der Waals surface area contributed by atoms with Crippen molar-refractivity contribution in [2.75, 3.05) is 20.4 Å². The summed E-state index contributed by atoms with van der Waals surface area (Å²) in [5.74, 6) is 2.75. The van der Waals surface area contributed by atoms with Crippen LogP contribution in [0.25, 0.3) is 11.0 Å². The third-order valence-corrected chi connectivity index (χ3v) is 4.41. The van der Waals surface area contributed by atoms with Crippen LogP contribution in [0, 0.1) is 6.92 Å². The number of rotatable bonds is 5. The molecule has 0 bridgehead atoms. The van der Waals surface area contributed by atoms with Crippen LogP contribution in [-0.2, 0) is 13.0 Å². The molecule has 4 rings (SSSR count). The number of imidazole rings is 1. The molecule has 0 amide bonds. The number of hydrogen-bond acceptors (Lipinski definition) is 4. The Morgan fingerprint density at radius 3 is 2.92 bits per heavy atom. The van der Waals surface area contributed by atoms with Crippen molar-refractivity contribution >= 4 is 11.0 Å². The van der Waals surface area contributed by atoms with Crippen LogP contribution in [-0.4, -0.2) is 35.3 Å². The highest BCUT2D eigenvalue weighted by Gasteiger charge is 2.18. The fourth-order valence-corrected chi connectivity index (χ4v) is 3.13. The molecule has 2 aromatic carbocycles. The molecule has 0 atom stereocenters. The largest absolute Gasteiger partial charge is 0.454 e. The van der Waals surface area contributed by atoms with Crippen molar-refractivity contribution in [3.05, 3.63) is 53.3 Å². The highest BCUT2D eigenvalue weighted by molar-refractivity contribution is 5.78. The predicted molar refractivity (Wildman–Crippen MR) is 93.4 cm³/mol. The van der Waals surface area contributed by atoms with Crippen molar-refractivity contribution in [3.8, 4) is 11.5 Å². The van der Waals surface area contributed by atoms with Gasteiger partial charge in [-0.1, -0.05) is 24.3 Å². The van der Waals surface area contributed by atoms with Crippen molar-refractivity contribution < 1.29 is 9.47 Å². The average molecular weight is 323 g/mol. The van der Waals surface area contributed by atoms with Gasteiger partial charge in [0.2, 0.25) is 6.79 Å². The maximum absolute atomic E-state index is 5.58. The summed E-state index contributed by atoms with van der Waals surface area (Å²) < 4.78 is 11.0. The van der Waals surface area contributed by atoms with Gasteiger partial charge in [0.15, 0.2) is 11.5 Å². The summed E-state index contributed by atoms with van der Waals surface area (Å²) in [6, 6.07) is 12.3. The third kappa shape index (κ3) is 2.83. The number of fused-ring (bicyclic) bond motifs is 2. The van der Waals surface area contributed by atoms with Gasteiger partial charge >= 0.3 is 0 Å². The molecule has 0 unspecified atom stereocenters. The molecule has 0 saturated carbocycles.